The fourth-order valence-corrected chi connectivity index (χ4v) is 0. The highest BCUT2D eigenvalue weighted by atomic mass is 16.0. The standard InChI is InChI=1S/C3H7N.H2O/c1-2-3-4;/h3-4H,2H2,1H3;1H2. The summed E-state index contributed by atoms with van der Waals surface area (Å²) in [6.45, 7) is 1.94. The Hall–Kier alpha value is -0.370. The zero-order valence-corrected chi connectivity index (χ0v) is 3.28. The molecule has 0 heterocycles. The fourth-order valence-electron chi connectivity index (χ4n) is 0. The number of hydrogen-bond acceptors (Lipinski definition) is 1. The summed E-state index contributed by atoms with van der Waals surface area (Å²) in [7, 11) is 0. The molecule has 0 aliphatic heterocycles. The zero-order chi connectivity index (χ0) is 3.41. The van der Waals surface area contributed by atoms with Gasteiger partial charge in [-0.05, 0) is 12.6 Å². The molecular formula is C3H9NO. The van der Waals surface area contributed by atoms with E-state index in [-0.39, 0.29) is 5.48 Å². The van der Waals surface area contributed by atoms with Crippen LogP contribution in [0, 0.1) is 5.41 Å². The molecule has 0 aliphatic rings. The van der Waals surface area contributed by atoms with Gasteiger partial charge in [-0.15, -0.1) is 0 Å². The summed E-state index contributed by atoms with van der Waals surface area (Å²) in [5.74, 6) is 0. The highest BCUT2D eigenvalue weighted by Crippen LogP contribution is 1.54. The summed E-state index contributed by atoms with van der Waals surface area (Å²) in [6.07, 6.45) is 2.24. The summed E-state index contributed by atoms with van der Waals surface area (Å²) < 4.78 is 0. The van der Waals surface area contributed by atoms with E-state index in [1.165, 1.54) is 6.21 Å². The molecule has 0 fully saturated rings. The SMILES string of the molecule is CCC=N.O. The van der Waals surface area contributed by atoms with Gasteiger partial charge in [-0.3, -0.25) is 0 Å². The molecule has 0 unspecified atom stereocenters. The first-order chi connectivity index (χ1) is 1.91. The molecule has 0 radical (unpaired) electrons. The van der Waals surface area contributed by atoms with Gasteiger partial charge in [-0.1, -0.05) is 6.92 Å². The lowest BCUT2D eigenvalue weighted by atomic mass is 10.6. The third-order valence-corrected chi connectivity index (χ3v) is 0.204. The first kappa shape index (κ1) is 8.82. The molecule has 2 nitrogen and oxygen atoms in total. The van der Waals surface area contributed by atoms with Crippen molar-refractivity contribution in [3.05, 3.63) is 0 Å². The van der Waals surface area contributed by atoms with Gasteiger partial charge in [-0.25, -0.2) is 0 Å². The molecule has 0 aliphatic carbocycles. The van der Waals surface area contributed by atoms with Crippen LogP contribution in [0.4, 0.5) is 0 Å². The maximum Gasteiger partial charge on any atom is -0.00505 e. The molecule has 32 valence electrons. The van der Waals surface area contributed by atoms with Crippen molar-refractivity contribution in [3.63, 3.8) is 0 Å². The van der Waals surface area contributed by atoms with Crippen molar-refractivity contribution >= 4 is 6.21 Å². The highest BCUT2D eigenvalue weighted by molar-refractivity contribution is 5.51. The van der Waals surface area contributed by atoms with Gasteiger partial charge in [0, 0.05) is 0 Å². The second-order valence-electron chi connectivity index (χ2n) is 0.612. The molecular weight excluding hydrogens is 66.0 g/mol. The third kappa shape index (κ3) is 24.3. The van der Waals surface area contributed by atoms with Gasteiger partial charge in [-0.2, -0.15) is 0 Å². The van der Waals surface area contributed by atoms with Crippen LogP contribution in [0.25, 0.3) is 0 Å². The van der Waals surface area contributed by atoms with Crippen LogP contribution < -0.4 is 0 Å². The van der Waals surface area contributed by atoms with Gasteiger partial charge in [0.15, 0.2) is 0 Å². The molecule has 0 aromatic rings. The van der Waals surface area contributed by atoms with Crippen LogP contribution in [0.3, 0.4) is 0 Å². The van der Waals surface area contributed by atoms with Gasteiger partial charge < -0.3 is 10.9 Å². The Bertz CT molecular complexity index is 20.9. The minimum atomic E-state index is 0. The molecule has 0 rings (SSSR count). The van der Waals surface area contributed by atoms with Crippen molar-refractivity contribution in [2.24, 2.45) is 0 Å². The number of nitrogens with one attached hydrogen (secondary N) is 1. The van der Waals surface area contributed by atoms with Crippen LogP contribution in [-0.2, 0) is 0 Å². The van der Waals surface area contributed by atoms with Crippen molar-refractivity contribution < 1.29 is 5.48 Å². The van der Waals surface area contributed by atoms with Crippen LogP contribution in [0.1, 0.15) is 13.3 Å². The Morgan fingerprint density at radius 1 is 1.80 bits per heavy atom. The molecule has 0 saturated heterocycles. The van der Waals surface area contributed by atoms with E-state index in [0.717, 1.165) is 6.42 Å². The van der Waals surface area contributed by atoms with Crippen molar-refractivity contribution in [2.75, 3.05) is 0 Å². The lowest BCUT2D eigenvalue weighted by molar-refractivity contribution is 0.824. The number of rotatable bonds is 1. The van der Waals surface area contributed by atoms with Gasteiger partial charge >= 0.3 is 0 Å². The summed E-state index contributed by atoms with van der Waals surface area (Å²) in [5, 5.41) is 6.33. The quantitative estimate of drug-likeness (QED) is 0.433. The van der Waals surface area contributed by atoms with Crippen LogP contribution in [0.2, 0.25) is 0 Å². The Morgan fingerprint density at radius 2 is 2.00 bits per heavy atom. The molecule has 0 atom stereocenters. The smallest absolute Gasteiger partial charge is 0.00505 e. The van der Waals surface area contributed by atoms with Crippen molar-refractivity contribution in [1.82, 2.24) is 0 Å². The zero-order valence-electron chi connectivity index (χ0n) is 3.28. The molecule has 0 aromatic heterocycles. The van der Waals surface area contributed by atoms with E-state index in [1.807, 2.05) is 6.92 Å². The van der Waals surface area contributed by atoms with Gasteiger partial charge in [0.2, 0.25) is 0 Å². The average molecular weight is 75.1 g/mol. The van der Waals surface area contributed by atoms with E-state index in [4.69, 9.17) is 5.41 Å². The molecule has 0 saturated carbocycles. The van der Waals surface area contributed by atoms with E-state index >= 15 is 0 Å². The van der Waals surface area contributed by atoms with Crippen molar-refractivity contribution in [3.8, 4) is 0 Å². The van der Waals surface area contributed by atoms with E-state index in [1.54, 1.807) is 0 Å². The fraction of sp³-hybridized carbons (Fsp3) is 0.667. The van der Waals surface area contributed by atoms with E-state index in [0.29, 0.717) is 0 Å². The largest absolute Gasteiger partial charge is 0.412 e. The molecule has 5 heavy (non-hydrogen) atoms. The minimum Gasteiger partial charge on any atom is -0.412 e. The summed E-state index contributed by atoms with van der Waals surface area (Å²) in [6, 6.07) is 0. The predicted octanol–water partition coefficient (Wildman–Crippen LogP) is 0.221. The highest BCUT2D eigenvalue weighted by Gasteiger charge is 1.47. The first-order valence-corrected chi connectivity index (χ1v) is 1.40. The molecule has 0 spiro atoms. The van der Waals surface area contributed by atoms with E-state index < -0.39 is 0 Å². The van der Waals surface area contributed by atoms with Crippen molar-refractivity contribution in [2.45, 2.75) is 13.3 Å². The van der Waals surface area contributed by atoms with Crippen LogP contribution in [0.15, 0.2) is 0 Å². The van der Waals surface area contributed by atoms with Crippen LogP contribution in [-0.4, -0.2) is 11.7 Å². The lowest BCUT2D eigenvalue weighted by Gasteiger charge is -1.56. The maximum absolute atomic E-state index is 6.33. The second-order valence-corrected chi connectivity index (χ2v) is 0.612. The van der Waals surface area contributed by atoms with Crippen LogP contribution in [0.5, 0.6) is 0 Å². The summed E-state index contributed by atoms with van der Waals surface area (Å²) >= 11 is 0. The van der Waals surface area contributed by atoms with E-state index in [2.05, 4.69) is 0 Å². The van der Waals surface area contributed by atoms with E-state index in [9.17, 15) is 0 Å². The topological polar surface area (TPSA) is 55.4 Å². The van der Waals surface area contributed by atoms with Crippen LogP contribution >= 0.6 is 0 Å². The Morgan fingerprint density at radius 3 is 2.00 bits per heavy atom. The van der Waals surface area contributed by atoms with Gasteiger partial charge in [0.1, 0.15) is 0 Å². The Labute approximate surface area is 31.6 Å². The normalized spacial score (nSPS) is 5.00. The monoisotopic (exact) mass is 75.1 g/mol. The predicted molar refractivity (Wildman–Crippen MR) is 22.7 cm³/mol. The molecule has 0 aromatic carbocycles. The van der Waals surface area contributed by atoms with Crippen molar-refractivity contribution in [1.29, 1.82) is 5.41 Å². The molecule has 3 N–H and O–H groups in total. The third-order valence-electron chi connectivity index (χ3n) is 0.204. The maximum atomic E-state index is 6.33. The van der Waals surface area contributed by atoms with Gasteiger partial charge in [0.25, 0.3) is 0 Å². The average Bonchev–Trinajstić information content (AvgIpc) is 1.37. The second kappa shape index (κ2) is 9.45. The number of hydrogen-bond donors (Lipinski definition) is 1. The Kier molecular flexibility index (Phi) is 16.7. The summed E-state index contributed by atoms with van der Waals surface area (Å²) in [5.41, 5.74) is 0. The Balaban J connectivity index is 0. The molecule has 2 heteroatoms. The minimum absolute atomic E-state index is 0. The molecule has 0 amide bonds. The summed E-state index contributed by atoms with van der Waals surface area (Å²) in [4.78, 5) is 0. The molecule has 0 bridgehead atoms. The lowest BCUT2D eigenvalue weighted by Crippen LogP contribution is -1.52. The van der Waals surface area contributed by atoms with Gasteiger partial charge in [0.05, 0.1) is 0 Å². The first-order valence-electron chi connectivity index (χ1n) is 1.40.